The lowest BCUT2D eigenvalue weighted by molar-refractivity contribution is -0.124. The molecular formula is C27H24BrClN4O5S. The van der Waals surface area contributed by atoms with Crippen LogP contribution in [0, 0.1) is 11.3 Å². The van der Waals surface area contributed by atoms with E-state index in [0.717, 1.165) is 5.56 Å². The smallest absolute Gasteiger partial charge is 0.258 e. The summed E-state index contributed by atoms with van der Waals surface area (Å²) in [7, 11) is -2.37. The molecule has 1 amide bonds. The van der Waals surface area contributed by atoms with Gasteiger partial charge < -0.3 is 9.47 Å². The van der Waals surface area contributed by atoms with Crippen molar-refractivity contribution in [2.75, 3.05) is 13.7 Å². The molecule has 0 aliphatic carbocycles. The second kappa shape index (κ2) is 12.6. The molecule has 1 atom stereocenters. The minimum Gasteiger partial charge on any atom is -0.493 e. The fourth-order valence-corrected chi connectivity index (χ4v) is 6.31. The van der Waals surface area contributed by atoms with Crippen LogP contribution in [0.5, 0.6) is 11.5 Å². The van der Waals surface area contributed by atoms with Crippen LogP contribution in [-0.2, 0) is 21.4 Å². The highest BCUT2D eigenvalue weighted by Gasteiger charge is 2.39. The largest absolute Gasteiger partial charge is 0.493 e. The molecule has 0 saturated carbocycles. The number of carbonyl (C=O) groups is 1. The van der Waals surface area contributed by atoms with Crippen molar-refractivity contribution in [2.24, 2.45) is 5.10 Å². The van der Waals surface area contributed by atoms with Gasteiger partial charge in [0.2, 0.25) is 10.0 Å². The fraction of sp³-hybridized carbons (Fsp3) is 0.222. The predicted molar refractivity (Wildman–Crippen MR) is 150 cm³/mol. The van der Waals surface area contributed by atoms with Gasteiger partial charge in [-0.15, -0.1) is 0 Å². The fourth-order valence-electron chi connectivity index (χ4n) is 4.10. The zero-order valence-electron chi connectivity index (χ0n) is 20.8. The van der Waals surface area contributed by atoms with Gasteiger partial charge in [-0.2, -0.15) is 14.7 Å². The van der Waals surface area contributed by atoms with E-state index in [4.69, 9.17) is 21.1 Å². The molecule has 12 heteroatoms. The number of nitriles is 1. The summed E-state index contributed by atoms with van der Waals surface area (Å²) in [6.07, 6.45) is 2.36. The number of nitrogens with one attached hydrogen (secondary N) is 1. The molecule has 3 aromatic carbocycles. The van der Waals surface area contributed by atoms with E-state index in [-0.39, 0.29) is 18.0 Å². The Kier molecular flexibility index (Phi) is 9.24. The van der Waals surface area contributed by atoms with E-state index in [1.165, 1.54) is 41.9 Å². The van der Waals surface area contributed by atoms with Crippen molar-refractivity contribution in [3.8, 4) is 17.6 Å². The second-order valence-corrected chi connectivity index (χ2v) is 11.7. The summed E-state index contributed by atoms with van der Waals surface area (Å²) in [5.74, 6) is 0.351. The van der Waals surface area contributed by atoms with Crippen LogP contribution >= 0.6 is 27.5 Å². The van der Waals surface area contributed by atoms with Crippen LogP contribution in [-0.4, -0.2) is 44.5 Å². The normalized spacial score (nSPS) is 15.7. The maximum atomic E-state index is 13.1. The average Bonchev–Trinajstić information content (AvgIpc) is 3.44. The molecule has 1 aliphatic heterocycles. The number of hydrogen-bond acceptors (Lipinski definition) is 7. The first kappa shape index (κ1) is 28.6. The topological polar surface area (TPSA) is 121 Å². The Bertz CT molecular complexity index is 1540. The van der Waals surface area contributed by atoms with Gasteiger partial charge in [-0.1, -0.05) is 29.8 Å². The van der Waals surface area contributed by atoms with E-state index >= 15 is 0 Å². The summed E-state index contributed by atoms with van der Waals surface area (Å²) in [4.78, 5) is 13.0. The number of carbonyl (C=O) groups excluding carboxylic acids is 1. The molecule has 0 radical (unpaired) electrons. The summed E-state index contributed by atoms with van der Waals surface area (Å²) < 4.78 is 39.4. The average molecular weight is 632 g/mol. The molecule has 3 aromatic rings. The molecule has 1 saturated heterocycles. The number of sulfonamides is 1. The molecule has 202 valence electrons. The monoisotopic (exact) mass is 630 g/mol. The zero-order chi connectivity index (χ0) is 28.0. The van der Waals surface area contributed by atoms with Crippen molar-refractivity contribution in [3.05, 3.63) is 86.8 Å². The van der Waals surface area contributed by atoms with E-state index in [1.54, 1.807) is 24.3 Å². The Morgan fingerprint density at radius 2 is 1.97 bits per heavy atom. The Balaban J connectivity index is 1.44. The van der Waals surface area contributed by atoms with Crippen molar-refractivity contribution < 1.29 is 22.7 Å². The first-order valence-corrected chi connectivity index (χ1v) is 14.4. The number of nitrogens with zero attached hydrogens (tertiary/aromatic N) is 3. The first-order chi connectivity index (χ1) is 18.7. The molecule has 1 aliphatic rings. The lowest BCUT2D eigenvalue weighted by Crippen LogP contribution is -2.44. The van der Waals surface area contributed by atoms with Crippen molar-refractivity contribution in [1.82, 2.24) is 9.73 Å². The molecule has 0 unspecified atom stereocenters. The van der Waals surface area contributed by atoms with Gasteiger partial charge in [-0.25, -0.2) is 13.8 Å². The molecule has 39 heavy (non-hydrogen) atoms. The van der Waals surface area contributed by atoms with Crippen LogP contribution in [0.1, 0.15) is 29.5 Å². The van der Waals surface area contributed by atoms with Crippen molar-refractivity contribution >= 4 is 49.7 Å². The van der Waals surface area contributed by atoms with Crippen molar-refractivity contribution in [2.45, 2.75) is 30.4 Å². The second-order valence-electron chi connectivity index (χ2n) is 8.54. The number of methoxy groups -OCH3 is 1. The van der Waals surface area contributed by atoms with Gasteiger partial charge in [0.25, 0.3) is 5.91 Å². The van der Waals surface area contributed by atoms with Gasteiger partial charge in [0, 0.05) is 27.2 Å². The van der Waals surface area contributed by atoms with E-state index in [1.807, 2.05) is 12.1 Å². The SMILES string of the molecule is COc1cc(/C=N\NC(=O)[C@@H]2CCCN2S(=O)(=O)c2ccc(Cl)cc2)c(Br)cc1OCc1ccccc1C#N. The maximum absolute atomic E-state index is 13.1. The number of ether oxygens (including phenoxy) is 2. The molecule has 4 rings (SSSR count). The minimum absolute atomic E-state index is 0.0737. The van der Waals surface area contributed by atoms with Crippen LogP contribution in [0.3, 0.4) is 0 Å². The molecule has 1 N–H and O–H groups in total. The molecule has 1 heterocycles. The third kappa shape index (κ3) is 6.59. The van der Waals surface area contributed by atoms with Crippen LogP contribution in [0.2, 0.25) is 5.02 Å². The van der Waals surface area contributed by atoms with Crippen LogP contribution in [0.25, 0.3) is 0 Å². The lowest BCUT2D eigenvalue weighted by atomic mass is 10.1. The predicted octanol–water partition coefficient (Wildman–Crippen LogP) is 4.87. The first-order valence-electron chi connectivity index (χ1n) is 11.8. The van der Waals surface area contributed by atoms with Crippen LogP contribution in [0.4, 0.5) is 0 Å². The summed E-state index contributed by atoms with van der Waals surface area (Å²) >= 11 is 9.36. The van der Waals surface area contributed by atoms with Gasteiger partial charge in [0.15, 0.2) is 11.5 Å². The zero-order valence-corrected chi connectivity index (χ0v) is 24.0. The number of benzene rings is 3. The van der Waals surface area contributed by atoms with Gasteiger partial charge in [0.05, 0.1) is 29.9 Å². The van der Waals surface area contributed by atoms with Gasteiger partial charge in [0.1, 0.15) is 12.6 Å². The van der Waals surface area contributed by atoms with Gasteiger partial charge in [-0.05, 0) is 71.2 Å². The number of amides is 1. The Morgan fingerprint density at radius 3 is 2.69 bits per heavy atom. The van der Waals surface area contributed by atoms with E-state index in [0.29, 0.717) is 45.0 Å². The van der Waals surface area contributed by atoms with Crippen molar-refractivity contribution in [1.29, 1.82) is 5.26 Å². The quantitative estimate of drug-likeness (QED) is 0.266. The molecule has 0 aromatic heterocycles. The minimum atomic E-state index is -3.87. The molecule has 1 fully saturated rings. The standard InChI is InChI=1S/C27H24BrClN4O5S/c1-37-25-13-20(23(28)14-26(25)38-17-19-6-3-2-5-18(19)15-30)16-31-32-27(34)24-7-4-12-33(24)39(35,36)22-10-8-21(29)9-11-22/h2-3,5-6,8-11,13-14,16,24H,4,7,12,17H2,1H3,(H,32,34)/b31-16-/t24-/m0/s1. The third-order valence-corrected chi connectivity index (χ3v) is 8.97. The molecule has 0 bridgehead atoms. The van der Waals surface area contributed by atoms with Gasteiger partial charge >= 0.3 is 0 Å². The Morgan fingerprint density at radius 1 is 1.23 bits per heavy atom. The van der Waals surface area contributed by atoms with E-state index in [9.17, 15) is 18.5 Å². The molecule has 0 spiro atoms. The number of hydrazone groups is 1. The Labute approximate surface area is 240 Å². The highest BCUT2D eigenvalue weighted by Crippen LogP contribution is 2.34. The number of hydrogen-bond donors (Lipinski definition) is 1. The van der Waals surface area contributed by atoms with E-state index in [2.05, 4.69) is 32.5 Å². The highest BCUT2D eigenvalue weighted by atomic mass is 79.9. The van der Waals surface area contributed by atoms with Crippen LogP contribution in [0.15, 0.2) is 75.1 Å². The molecule has 9 nitrogen and oxygen atoms in total. The highest BCUT2D eigenvalue weighted by molar-refractivity contribution is 9.10. The van der Waals surface area contributed by atoms with Gasteiger partial charge in [-0.3, -0.25) is 4.79 Å². The summed E-state index contributed by atoms with van der Waals surface area (Å²) in [6, 6.07) is 17.6. The lowest BCUT2D eigenvalue weighted by Gasteiger charge is -2.22. The number of halogens is 2. The molecular weight excluding hydrogens is 608 g/mol. The summed E-state index contributed by atoms with van der Waals surface area (Å²) in [6.45, 7) is 0.405. The van der Waals surface area contributed by atoms with Crippen LogP contribution < -0.4 is 14.9 Å². The summed E-state index contributed by atoms with van der Waals surface area (Å²) in [5, 5.41) is 13.7. The third-order valence-electron chi connectivity index (χ3n) is 6.11. The van der Waals surface area contributed by atoms with Crippen molar-refractivity contribution in [3.63, 3.8) is 0 Å². The Hall–Kier alpha value is -3.43. The number of rotatable bonds is 9. The maximum Gasteiger partial charge on any atom is 0.258 e. The van der Waals surface area contributed by atoms with E-state index < -0.39 is 22.0 Å². The summed E-state index contributed by atoms with van der Waals surface area (Å²) in [5.41, 5.74) is 4.31.